The number of carboxylic acid groups (broad SMARTS) is 1. The zero-order valence-electron chi connectivity index (χ0n) is 10.9. The monoisotopic (exact) mass is 241 g/mol. The van der Waals surface area contributed by atoms with E-state index >= 15 is 0 Å². The maximum atomic E-state index is 10.8. The van der Waals surface area contributed by atoms with Crippen LogP contribution in [-0.4, -0.2) is 48.3 Å². The Hall–Kier alpha value is -0.610. The molecule has 0 aromatic carbocycles. The Morgan fingerprint density at radius 1 is 1.41 bits per heavy atom. The highest BCUT2D eigenvalue weighted by Crippen LogP contribution is 2.49. The molecule has 1 aliphatic heterocycles. The molecular formula is C13H23NO3. The molecular weight excluding hydrogens is 218 g/mol. The summed E-state index contributed by atoms with van der Waals surface area (Å²) in [6, 6.07) is 0. The third-order valence-corrected chi connectivity index (χ3v) is 4.27. The van der Waals surface area contributed by atoms with Crippen LogP contribution in [0.4, 0.5) is 0 Å². The Labute approximate surface area is 103 Å². The number of piperidine rings is 1. The SMILES string of the molecule is COC1(C)CCCN(CC2(CC(=O)O)CC2)C1. The second-order valence-corrected chi connectivity index (χ2v) is 6.04. The van der Waals surface area contributed by atoms with Gasteiger partial charge in [0.05, 0.1) is 12.0 Å². The van der Waals surface area contributed by atoms with Gasteiger partial charge in [0.2, 0.25) is 0 Å². The van der Waals surface area contributed by atoms with E-state index in [0.717, 1.165) is 45.3 Å². The van der Waals surface area contributed by atoms with Crippen LogP contribution in [0.5, 0.6) is 0 Å². The highest BCUT2D eigenvalue weighted by Gasteiger charge is 2.46. The molecule has 98 valence electrons. The van der Waals surface area contributed by atoms with Crippen LogP contribution in [0.25, 0.3) is 0 Å². The van der Waals surface area contributed by atoms with E-state index in [1.165, 1.54) is 0 Å². The van der Waals surface area contributed by atoms with E-state index in [-0.39, 0.29) is 11.0 Å². The van der Waals surface area contributed by atoms with E-state index in [0.29, 0.717) is 6.42 Å². The molecule has 1 aliphatic carbocycles. The van der Waals surface area contributed by atoms with Crippen LogP contribution < -0.4 is 0 Å². The second kappa shape index (κ2) is 4.58. The highest BCUT2D eigenvalue weighted by molar-refractivity contribution is 5.68. The van der Waals surface area contributed by atoms with Gasteiger partial charge in [0.1, 0.15) is 0 Å². The smallest absolute Gasteiger partial charge is 0.303 e. The van der Waals surface area contributed by atoms with Gasteiger partial charge < -0.3 is 9.84 Å². The predicted molar refractivity (Wildman–Crippen MR) is 65.0 cm³/mol. The molecule has 2 fully saturated rings. The summed E-state index contributed by atoms with van der Waals surface area (Å²) in [7, 11) is 1.77. The topological polar surface area (TPSA) is 49.8 Å². The number of carbonyl (C=O) groups is 1. The van der Waals surface area contributed by atoms with Gasteiger partial charge in [0.25, 0.3) is 0 Å². The van der Waals surface area contributed by atoms with Crippen molar-refractivity contribution < 1.29 is 14.6 Å². The Bertz CT molecular complexity index is 301. The summed E-state index contributed by atoms with van der Waals surface area (Å²) in [5.41, 5.74) is 0.0232. The summed E-state index contributed by atoms with van der Waals surface area (Å²) in [4.78, 5) is 13.2. The lowest BCUT2D eigenvalue weighted by Crippen LogP contribution is -2.49. The number of rotatable bonds is 5. The minimum atomic E-state index is -0.658. The van der Waals surface area contributed by atoms with Crippen molar-refractivity contribution in [1.29, 1.82) is 0 Å². The zero-order chi connectivity index (χ0) is 12.5. The number of hydrogen-bond acceptors (Lipinski definition) is 3. The van der Waals surface area contributed by atoms with Crippen LogP contribution in [-0.2, 0) is 9.53 Å². The number of carboxylic acids is 1. The standard InChI is InChI=1S/C13H23NO3/c1-12(17-2)4-3-7-14(9-12)10-13(5-6-13)8-11(15)16/h3-10H2,1-2H3,(H,15,16). The van der Waals surface area contributed by atoms with Gasteiger partial charge in [0, 0.05) is 20.2 Å². The summed E-state index contributed by atoms with van der Waals surface area (Å²) < 4.78 is 5.57. The quantitative estimate of drug-likeness (QED) is 0.796. The van der Waals surface area contributed by atoms with E-state index in [1.54, 1.807) is 7.11 Å². The minimum absolute atomic E-state index is 0.0441. The molecule has 0 spiro atoms. The minimum Gasteiger partial charge on any atom is -0.481 e. The molecule has 0 radical (unpaired) electrons. The van der Waals surface area contributed by atoms with Crippen molar-refractivity contribution in [2.45, 2.75) is 44.6 Å². The van der Waals surface area contributed by atoms with Gasteiger partial charge in [-0.2, -0.15) is 0 Å². The largest absolute Gasteiger partial charge is 0.481 e. The van der Waals surface area contributed by atoms with Gasteiger partial charge in [-0.3, -0.25) is 9.69 Å². The van der Waals surface area contributed by atoms with Crippen LogP contribution >= 0.6 is 0 Å². The average molecular weight is 241 g/mol. The van der Waals surface area contributed by atoms with Crippen LogP contribution in [0, 0.1) is 5.41 Å². The summed E-state index contributed by atoms with van der Waals surface area (Å²) in [6.07, 6.45) is 4.71. The van der Waals surface area contributed by atoms with Crippen molar-refractivity contribution >= 4 is 5.97 Å². The normalized spacial score (nSPS) is 32.4. The van der Waals surface area contributed by atoms with Crippen molar-refractivity contribution in [3.8, 4) is 0 Å². The first-order valence-corrected chi connectivity index (χ1v) is 6.46. The highest BCUT2D eigenvalue weighted by atomic mass is 16.5. The lowest BCUT2D eigenvalue weighted by atomic mass is 9.92. The van der Waals surface area contributed by atoms with Crippen LogP contribution in [0.2, 0.25) is 0 Å². The molecule has 1 unspecified atom stereocenters. The van der Waals surface area contributed by atoms with Gasteiger partial charge in [-0.25, -0.2) is 0 Å². The van der Waals surface area contributed by atoms with Crippen LogP contribution in [0.3, 0.4) is 0 Å². The van der Waals surface area contributed by atoms with Crippen molar-refractivity contribution in [2.75, 3.05) is 26.7 Å². The summed E-state index contributed by atoms with van der Waals surface area (Å²) in [6.45, 7) is 5.10. The van der Waals surface area contributed by atoms with Gasteiger partial charge in [0.15, 0.2) is 0 Å². The maximum absolute atomic E-state index is 10.8. The Morgan fingerprint density at radius 3 is 2.65 bits per heavy atom. The summed E-state index contributed by atoms with van der Waals surface area (Å²) in [5, 5.41) is 8.92. The fraction of sp³-hybridized carbons (Fsp3) is 0.923. The average Bonchev–Trinajstić information content (AvgIpc) is 2.96. The molecule has 2 aliphatic rings. The zero-order valence-corrected chi connectivity index (χ0v) is 10.9. The first-order chi connectivity index (χ1) is 7.97. The van der Waals surface area contributed by atoms with Gasteiger partial charge >= 0.3 is 5.97 Å². The first-order valence-electron chi connectivity index (χ1n) is 6.46. The molecule has 0 aromatic heterocycles. The molecule has 1 saturated carbocycles. The van der Waals surface area contributed by atoms with Crippen molar-refractivity contribution in [1.82, 2.24) is 4.90 Å². The van der Waals surface area contributed by atoms with Crippen molar-refractivity contribution in [3.63, 3.8) is 0 Å². The third-order valence-electron chi connectivity index (χ3n) is 4.27. The fourth-order valence-corrected chi connectivity index (χ4v) is 2.97. The fourth-order valence-electron chi connectivity index (χ4n) is 2.97. The number of ether oxygens (including phenoxy) is 1. The number of nitrogens with zero attached hydrogens (tertiary/aromatic N) is 1. The van der Waals surface area contributed by atoms with E-state index in [9.17, 15) is 4.79 Å². The van der Waals surface area contributed by atoms with Crippen LogP contribution in [0.1, 0.15) is 39.0 Å². The molecule has 0 amide bonds. The Kier molecular flexibility index (Phi) is 3.46. The summed E-state index contributed by atoms with van der Waals surface area (Å²) in [5.74, 6) is -0.658. The molecule has 1 N–H and O–H groups in total. The van der Waals surface area contributed by atoms with Crippen LogP contribution in [0.15, 0.2) is 0 Å². The molecule has 0 aromatic rings. The maximum Gasteiger partial charge on any atom is 0.303 e. The molecule has 1 saturated heterocycles. The molecule has 2 rings (SSSR count). The van der Waals surface area contributed by atoms with E-state index in [2.05, 4.69) is 11.8 Å². The number of methoxy groups -OCH3 is 1. The second-order valence-electron chi connectivity index (χ2n) is 6.04. The van der Waals surface area contributed by atoms with E-state index in [4.69, 9.17) is 9.84 Å². The van der Waals surface area contributed by atoms with Gasteiger partial charge in [-0.15, -0.1) is 0 Å². The molecule has 0 bridgehead atoms. The number of aliphatic carboxylic acids is 1. The van der Waals surface area contributed by atoms with Gasteiger partial charge in [-0.05, 0) is 44.6 Å². The predicted octanol–water partition coefficient (Wildman–Crippen LogP) is 1.74. The molecule has 1 heterocycles. The van der Waals surface area contributed by atoms with Crippen molar-refractivity contribution in [2.24, 2.45) is 5.41 Å². The Morgan fingerprint density at radius 2 is 2.12 bits per heavy atom. The molecule has 4 nitrogen and oxygen atoms in total. The first kappa shape index (κ1) is 12.8. The summed E-state index contributed by atoms with van der Waals surface area (Å²) >= 11 is 0. The lowest BCUT2D eigenvalue weighted by Gasteiger charge is -2.40. The van der Waals surface area contributed by atoms with Crippen molar-refractivity contribution in [3.05, 3.63) is 0 Å². The van der Waals surface area contributed by atoms with E-state index in [1.807, 2.05) is 0 Å². The van der Waals surface area contributed by atoms with Gasteiger partial charge in [-0.1, -0.05) is 0 Å². The lowest BCUT2D eigenvalue weighted by molar-refractivity contribution is -0.138. The van der Waals surface area contributed by atoms with E-state index < -0.39 is 5.97 Å². The Balaban J connectivity index is 1.89. The number of likely N-dealkylation sites (tertiary alicyclic amines) is 1. The number of hydrogen-bond donors (Lipinski definition) is 1. The molecule has 17 heavy (non-hydrogen) atoms. The third kappa shape index (κ3) is 3.19. The molecule has 4 heteroatoms. The molecule has 1 atom stereocenters.